The van der Waals surface area contributed by atoms with Gasteiger partial charge in [-0.05, 0) is 36.8 Å². The third-order valence-corrected chi connectivity index (χ3v) is 4.65. The van der Waals surface area contributed by atoms with Crippen LogP contribution in [0.2, 0.25) is 0 Å². The van der Waals surface area contributed by atoms with E-state index in [1.807, 2.05) is 31.2 Å². The first-order chi connectivity index (χ1) is 11.1. The molecule has 0 aliphatic carbocycles. The minimum absolute atomic E-state index is 0.279. The van der Waals surface area contributed by atoms with Crippen molar-refractivity contribution in [1.82, 2.24) is 0 Å². The van der Waals surface area contributed by atoms with Crippen molar-refractivity contribution in [3.8, 4) is 21.6 Å². The fourth-order valence-corrected chi connectivity index (χ4v) is 3.63. The number of ether oxygens (including phenoxy) is 1. The molecule has 2 nitrogen and oxygen atoms in total. The molecule has 0 saturated heterocycles. The molecule has 2 aromatic carbocycles. The smallest absolute Gasteiger partial charge is 0.338 e. The van der Waals surface area contributed by atoms with Crippen molar-refractivity contribution in [2.75, 3.05) is 7.11 Å². The third kappa shape index (κ3) is 3.03. The fraction of sp³-hybridized carbons (Fsp3) is 0.105. The molecule has 3 aromatic rings. The largest absolute Gasteiger partial charge is 0.465 e. The van der Waals surface area contributed by atoms with Gasteiger partial charge in [-0.2, -0.15) is 0 Å². The topological polar surface area (TPSA) is 26.3 Å². The SMILES string of the molecule is COC(=O)c1ccccc1-c1sc(C)cc1-c1cccc(F)c1. The number of esters is 1. The molecule has 0 bridgehead atoms. The molecule has 116 valence electrons. The molecule has 0 radical (unpaired) electrons. The summed E-state index contributed by atoms with van der Waals surface area (Å²) in [4.78, 5) is 14.1. The highest BCUT2D eigenvalue weighted by molar-refractivity contribution is 7.16. The van der Waals surface area contributed by atoms with Crippen molar-refractivity contribution in [3.05, 3.63) is 70.9 Å². The van der Waals surface area contributed by atoms with Crippen LogP contribution in [-0.4, -0.2) is 13.1 Å². The van der Waals surface area contributed by atoms with Gasteiger partial charge in [0.2, 0.25) is 0 Å². The number of carbonyl (C=O) groups is 1. The van der Waals surface area contributed by atoms with Gasteiger partial charge >= 0.3 is 5.97 Å². The van der Waals surface area contributed by atoms with E-state index in [-0.39, 0.29) is 11.8 Å². The van der Waals surface area contributed by atoms with E-state index in [1.54, 1.807) is 29.5 Å². The lowest BCUT2D eigenvalue weighted by molar-refractivity contribution is 0.0601. The summed E-state index contributed by atoms with van der Waals surface area (Å²) in [5.41, 5.74) is 3.03. The molecule has 3 rings (SSSR count). The molecular formula is C19H15FO2S. The normalized spacial score (nSPS) is 10.6. The van der Waals surface area contributed by atoms with Gasteiger partial charge in [-0.1, -0.05) is 30.3 Å². The van der Waals surface area contributed by atoms with E-state index in [9.17, 15) is 9.18 Å². The van der Waals surface area contributed by atoms with Gasteiger partial charge in [-0.25, -0.2) is 9.18 Å². The second-order valence-electron chi connectivity index (χ2n) is 5.15. The van der Waals surface area contributed by atoms with E-state index in [0.717, 1.165) is 26.4 Å². The standard InChI is InChI=1S/C19H15FO2S/c1-12-10-17(13-6-5-7-14(20)11-13)18(23-12)15-8-3-4-9-16(15)19(21)22-2/h3-11H,1-2H3. The lowest BCUT2D eigenvalue weighted by atomic mass is 9.99. The van der Waals surface area contributed by atoms with Crippen LogP contribution in [0.3, 0.4) is 0 Å². The Hall–Kier alpha value is -2.46. The van der Waals surface area contributed by atoms with Crippen LogP contribution >= 0.6 is 11.3 Å². The molecule has 0 saturated carbocycles. The third-order valence-electron chi connectivity index (χ3n) is 3.57. The fourth-order valence-electron chi connectivity index (χ4n) is 2.55. The van der Waals surface area contributed by atoms with Crippen molar-refractivity contribution >= 4 is 17.3 Å². The van der Waals surface area contributed by atoms with Crippen molar-refractivity contribution in [1.29, 1.82) is 0 Å². The van der Waals surface area contributed by atoms with E-state index in [2.05, 4.69) is 0 Å². The highest BCUT2D eigenvalue weighted by Gasteiger charge is 2.18. The first kappa shape index (κ1) is 15.4. The molecule has 0 unspecified atom stereocenters. The van der Waals surface area contributed by atoms with Crippen molar-refractivity contribution < 1.29 is 13.9 Å². The van der Waals surface area contributed by atoms with Crippen LogP contribution in [0.5, 0.6) is 0 Å². The van der Waals surface area contributed by atoms with Crippen molar-refractivity contribution in [2.24, 2.45) is 0 Å². The molecule has 23 heavy (non-hydrogen) atoms. The highest BCUT2D eigenvalue weighted by Crippen LogP contribution is 2.40. The minimum Gasteiger partial charge on any atom is -0.465 e. The lowest BCUT2D eigenvalue weighted by Gasteiger charge is -2.09. The summed E-state index contributed by atoms with van der Waals surface area (Å²) >= 11 is 1.58. The second kappa shape index (κ2) is 6.34. The molecule has 0 N–H and O–H groups in total. The van der Waals surface area contributed by atoms with Crippen LogP contribution in [0, 0.1) is 12.7 Å². The monoisotopic (exact) mass is 326 g/mol. The average Bonchev–Trinajstić information content (AvgIpc) is 2.96. The molecule has 1 aromatic heterocycles. The van der Waals surface area contributed by atoms with E-state index in [4.69, 9.17) is 4.74 Å². The van der Waals surface area contributed by atoms with Crippen LogP contribution in [0.4, 0.5) is 4.39 Å². The zero-order chi connectivity index (χ0) is 16.4. The summed E-state index contributed by atoms with van der Waals surface area (Å²) in [5.74, 6) is -0.657. The molecule has 0 aliphatic rings. The number of hydrogen-bond donors (Lipinski definition) is 0. The van der Waals surface area contributed by atoms with Gasteiger partial charge in [0.15, 0.2) is 0 Å². The molecule has 0 atom stereocenters. The average molecular weight is 326 g/mol. The Morgan fingerprint density at radius 1 is 1.04 bits per heavy atom. The van der Waals surface area contributed by atoms with Gasteiger partial charge in [-0.15, -0.1) is 11.3 Å². The van der Waals surface area contributed by atoms with E-state index in [0.29, 0.717) is 5.56 Å². The van der Waals surface area contributed by atoms with Gasteiger partial charge in [0.05, 0.1) is 12.7 Å². The zero-order valence-corrected chi connectivity index (χ0v) is 13.6. The van der Waals surface area contributed by atoms with Gasteiger partial charge in [-0.3, -0.25) is 0 Å². The highest BCUT2D eigenvalue weighted by atomic mass is 32.1. The van der Waals surface area contributed by atoms with Gasteiger partial charge < -0.3 is 4.74 Å². The molecule has 1 heterocycles. The molecule has 4 heteroatoms. The molecule has 0 amide bonds. The summed E-state index contributed by atoms with van der Waals surface area (Å²) in [6.07, 6.45) is 0. The van der Waals surface area contributed by atoms with E-state index >= 15 is 0 Å². The van der Waals surface area contributed by atoms with E-state index in [1.165, 1.54) is 19.2 Å². The molecular weight excluding hydrogens is 311 g/mol. The molecule has 0 aliphatic heterocycles. The predicted molar refractivity (Wildman–Crippen MR) is 91.2 cm³/mol. The first-order valence-corrected chi connectivity index (χ1v) is 7.96. The zero-order valence-electron chi connectivity index (χ0n) is 12.8. The maximum atomic E-state index is 13.6. The Balaban J connectivity index is 2.21. The summed E-state index contributed by atoms with van der Waals surface area (Å²) in [6, 6.07) is 15.8. The Kier molecular flexibility index (Phi) is 4.26. The Morgan fingerprint density at radius 2 is 1.83 bits per heavy atom. The number of rotatable bonds is 3. The Morgan fingerprint density at radius 3 is 2.57 bits per heavy atom. The maximum Gasteiger partial charge on any atom is 0.338 e. The quantitative estimate of drug-likeness (QED) is 0.609. The first-order valence-electron chi connectivity index (χ1n) is 7.14. The van der Waals surface area contributed by atoms with Gasteiger partial charge in [0.25, 0.3) is 0 Å². The predicted octanol–water partition coefficient (Wildman–Crippen LogP) is 5.32. The van der Waals surface area contributed by atoms with Crippen LogP contribution < -0.4 is 0 Å². The van der Waals surface area contributed by atoms with Gasteiger partial charge in [0.1, 0.15) is 5.82 Å². The molecule has 0 spiro atoms. The number of aryl methyl sites for hydroxylation is 1. The number of carbonyl (C=O) groups excluding carboxylic acids is 1. The summed E-state index contributed by atoms with van der Waals surface area (Å²) < 4.78 is 18.5. The summed E-state index contributed by atoms with van der Waals surface area (Å²) in [7, 11) is 1.37. The Bertz CT molecular complexity index is 867. The number of thiophene rings is 1. The minimum atomic E-state index is -0.378. The van der Waals surface area contributed by atoms with E-state index < -0.39 is 0 Å². The van der Waals surface area contributed by atoms with Crippen molar-refractivity contribution in [3.63, 3.8) is 0 Å². The molecule has 0 fully saturated rings. The Labute approximate surface area is 138 Å². The van der Waals surface area contributed by atoms with Crippen LogP contribution in [0.1, 0.15) is 15.2 Å². The summed E-state index contributed by atoms with van der Waals surface area (Å²) in [6.45, 7) is 2.00. The lowest BCUT2D eigenvalue weighted by Crippen LogP contribution is -2.03. The van der Waals surface area contributed by atoms with Crippen LogP contribution in [0.25, 0.3) is 21.6 Å². The van der Waals surface area contributed by atoms with Crippen LogP contribution in [0.15, 0.2) is 54.6 Å². The number of methoxy groups -OCH3 is 1. The summed E-state index contributed by atoms with van der Waals surface area (Å²) in [5, 5.41) is 0. The van der Waals surface area contributed by atoms with Crippen molar-refractivity contribution in [2.45, 2.75) is 6.92 Å². The van der Waals surface area contributed by atoms with Crippen LogP contribution in [-0.2, 0) is 4.74 Å². The number of halogens is 1. The number of hydrogen-bond acceptors (Lipinski definition) is 3. The number of benzene rings is 2. The maximum absolute atomic E-state index is 13.6. The van der Waals surface area contributed by atoms with Gasteiger partial charge in [0, 0.05) is 20.9 Å². The second-order valence-corrected chi connectivity index (χ2v) is 6.40.